The van der Waals surface area contributed by atoms with Gasteiger partial charge in [0.25, 0.3) is 0 Å². The summed E-state index contributed by atoms with van der Waals surface area (Å²) in [6.45, 7) is 0. The standard InChI is InChI=1S/C2H6BN2.Li/c1-5(2)4-3;/h1-2H3;/q-1;+1. The fraction of sp³-hybridized carbons (Fsp3) is 1.00. The Morgan fingerprint density at radius 1 is 1.50 bits per heavy atom. The molecule has 0 N–H and O–H groups in total. The molecule has 0 fully saturated rings. The van der Waals surface area contributed by atoms with Gasteiger partial charge in [0.2, 0.25) is 0 Å². The van der Waals surface area contributed by atoms with Crippen molar-refractivity contribution in [2.45, 2.75) is 0 Å². The first-order valence-corrected chi connectivity index (χ1v) is 1.35. The summed E-state index contributed by atoms with van der Waals surface area (Å²) < 4.78 is 0. The van der Waals surface area contributed by atoms with Crippen molar-refractivity contribution in [3.63, 3.8) is 0 Å². The Morgan fingerprint density at radius 2 is 1.67 bits per heavy atom. The Balaban J connectivity index is 0. The van der Waals surface area contributed by atoms with Crippen molar-refractivity contribution in [3.8, 4) is 0 Å². The number of rotatable bonds is 1. The van der Waals surface area contributed by atoms with E-state index in [1.807, 2.05) is 0 Å². The smallest absolute Gasteiger partial charge is 0.538 e. The van der Waals surface area contributed by atoms with Crippen molar-refractivity contribution < 1.29 is 18.9 Å². The summed E-state index contributed by atoms with van der Waals surface area (Å²) in [5.74, 6) is 0. The molecule has 0 heterocycles. The minimum Gasteiger partial charge on any atom is -0.538 e. The Kier molecular flexibility index (Phi) is 8.37. The van der Waals surface area contributed by atoms with E-state index in [1.165, 1.54) is 5.01 Å². The molecule has 0 aliphatic rings. The summed E-state index contributed by atoms with van der Waals surface area (Å²) in [5.41, 5.74) is 0. The zero-order valence-corrected chi connectivity index (χ0v) is 4.47. The Morgan fingerprint density at radius 3 is 1.67 bits per heavy atom. The van der Waals surface area contributed by atoms with Gasteiger partial charge in [0.1, 0.15) is 0 Å². The number of hydrogen-bond donors (Lipinski definition) is 0. The third kappa shape index (κ3) is 8.86. The molecule has 0 aromatic rings. The van der Waals surface area contributed by atoms with Gasteiger partial charge >= 0.3 is 18.9 Å². The summed E-state index contributed by atoms with van der Waals surface area (Å²) in [7, 11) is 8.25. The SMILES string of the molecule is [B-]=NN(C)C.[Li+]. The molecule has 0 rings (SSSR count). The average molecular weight is 75.8 g/mol. The fourth-order valence-corrected chi connectivity index (χ4v) is 0. The Bertz CT molecular complexity index is 38.5. The minimum absolute atomic E-state index is 0. The molecule has 0 aromatic heterocycles. The molecule has 2 nitrogen and oxygen atoms in total. The average Bonchev–Trinajstić information content (AvgIpc) is 1.38. The first-order chi connectivity index (χ1) is 2.27. The van der Waals surface area contributed by atoms with Crippen LogP contribution in [0.5, 0.6) is 0 Å². The van der Waals surface area contributed by atoms with E-state index in [-0.39, 0.29) is 18.9 Å². The van der Waals surface area contributed by atoms with Gasteiger partial charge in [0, 0.05) is 14.1 Å². The van der Waals surface area contributed by atoms with Crippen LogP contribution >= 0.6 is 0 Å². The van der Waals surface area contributed by atoms with Gasteiger partial charge in [0.15, 0.2) is 0 Å². The van der Waals surface area contributed by atoms with Crippen LogP contribution in [0.2, 0.25) is 0 Å². The van der Waals surface area contributed by atoms with Gasteiger partial charge in [0.05, 0.1) is 0 Å². The van der Waals surface area contributed by atoms with E-state index >= 15 is 0 Å². The second kappa shape index (κ2) is 5.26. The Hall–Kier alpha value is 0.262. The van der Waals surface area contributed by atoms with E-state index in [0.29, 0.717) is 0 Å². The summed E-state index contributed by atoms with van der Waals surface area (Å²) in [6.07, 6.45) is 0. The van der Waals surface area contributed by atoms with Crippen molar-refractivity contribution in [2.75, 3.05) is 14.1 Å². The summed E-state index contributed by atoms with van der Waals surface area (Å²) in [6, 6.07) is 0. The molecule has 28 valence electrons. The van der Waals surface area contributed by atoms with Gasteiger partial charge in [-0.05, 0) is 0 Å². The molecule has 0 saturated heterocycles. The minimum atomic E-state index is 0. The molecule has 2 radical (unpaired) electrons. The first kappa shape index (κ1) is 9.55. The second-order valence-electron chi connectivity index (χ2n) is 0.963. The van der Waals surface area contributed by atoms with E-state index in [4.69, 9.17) is 7.64 Å². The molecule has 0 aromatic carbocycles. The van der Waals surface area contributed by atoms with Crippen LogP contribution in [0.3, 0.4) is 0 Å². The van der Waals surface area contributed by atoms with Gasteiger partial charge in [-0.25, -0.2) is 0 Å². The largest absolute Gasteiger partial charge is 1.00 e. The predicted octanol–water partition coefficient (Wildman–Crippen LogP) is -3.18. The molecule has 0 unspecified atom stereocenters. The van der Waals surface area contributed by atoms with Crippen molar-refractivity contribution in [1.82, 2.24) is 5.01 Å². The zero-order chi connectivity index (χ0) is 4.28. The van der Waals surface area contributed by atoms with Crippen molar-refractivity contribution in [1.29, 1.82) is 0 Å². The fourth-order valence-electron chi connectivity index (χ4n) is 0. The molecule has 0 aliphatic heterocycles. The number of nitrogens with zero attached hydrogens (tertiary/aromatic N) is 2. The molecule has 0 amide bonds. The number of hydrogen-bond acceptors (Lipinski definition) is 2. The van der Waals surface area contributed by atoms with Gasteiger partial charge in [-0.15, -0.1) is 0 Å². The van der Waals surface area contributed by atoms with Gasteiger partial charge < -0.3 is 17.7 Å². The van der Waals surface area contributed by atoms with Gasteiger partial charge in [-0.2, -0.15) is 0 Å². The molecule has 0 saturated carbocycles. The maximum absolute atomic E-state index is 4.72. The van der Waals surface area contributed by atoms with E-state index in [2.05, 4.69) is 5.00 Å². The topological polar surface area (TPSA) is 15.6 Å². The van der Waals surface area contributed by atoms with Crippen LogP contribution in [0.4, 0.5) is 0 Å². The molecule has 6 heavy (non-hydrogen) atoms. The third-order valence-electron chi connectivity index (χ3n) is 0.231. The van der Waals surface area contributed by atoms with Crippen LogP contribution in [0, 0.1) is 0 Å². The molecule has 0 spiro atoms. The first-order valence-electron chi connectivity index (χ1n) is 1.35. The third-order valence-corrected chi connectivity index (χ3v) is 0.231. The van der Waals surface area contributed by atoms with Crippen LogP contribution in [0.25, 0.3) is 0 Å². The summed E-state index contributed by atoms with van der Waals surface area (Å²) in [4.78, 5) is 0. The van der Waals surface area contributed by atoms with Crippen LogP contribution in [0.1, 0.15) is 0 Å². The molecule has 0 atom stereocenters. The molecule has 0 bridgehead atoms. The van der Waals surface area contributed by atoms with Gasteiger partial charge in [-0.3, -0.25) is 0 Å². The quantitative estimate of drug-likeness (QED) is 0.237. The van der Waals surface area contributed by atoms with Crippen LogP contribution in [-0.4, -0.2) is 26.7 Å². The van der Waals surface area contributed by atoms with E-state index in [9.17, 15) is 0 Å². The summed E-state index contributed by atoms with van der Waals surface area (Å²) in [5, 5.41) is 4.75. The van der Waals surface area contributed by atoms with Gasteiger partial charge in [-0.1, -0.05) is 0 Å². The van der Waals surface area contributed by atoms with Crippen LogP contribution < -0.4 is 18.9 Å². The van der Waals surface area contributed by atoms with E-state index < -0.39 is 0 Å². The van der Waals surface area contributed by atoms with E-state index in [0.717, 1.165) is 0 Å². The van der Waals surface area contributed by atoms with Crippen LogP contribution in [-0.2, 0) is 0 Å². The van der Waals surface area contributed by atoms with Crippen molar-refractivity contribution in [3.05, 3.63) is 0 Å². The zero-order valence-electron chi connectivity index (χ0n) is 4.47. The normalized spacial score (nSPS) is 5.67. The molecule has 0 aliphatic carbocycles. The Labute approximate surface area is 51.2 Å². The molecular weight excluding hydrogens is 69.8 g/mol. The summed E-state index contributed by atoms with van der Waals surface area (Å²) >= 11 is 0. The second-order valence-corrected chi connectivity index (χ2v) is 0.963. The molecule has 4 heteroatoms. The molecular formula is C2H6BLiN2. The van der Waals surface area contributed by atoms with Crippen molar-refractivity contribution >= 4 is 7.64 Å². The maximum atomic E-state index is 4.72. The predicted molar refractivity (Wildman–Crippen MR) is 21.9 cm³/mol. The maximum Gasteiger partial charge on any atom is 1.00 e. The van der Waals surface area contributed by atoms with Crippen LogP contribution in [0.15, 0.2) is 5.00 Å². The van der Waals surface area contributed by atoms with Crippen molar-refractivity contribution in [2.24, 2.45) is 5.00 Å². The van der Waals surface area contributed by atoms with E-state index in [1.54, 1.807) is 14.1 Å². The monoisotopic (exact) mass is 76.1 g/mol.